The van der Waals surface area contributed by atoms with E-state index in [1.807, 2.05) is 4.68 Å². The van der Waals surface area contributed by atoms with E-state index in [0.717, 1.165) is 25.1 Å². The van der Waals surface area contributed by atoms with Gasteiger partial charge in [-0.2, -0.15) is 27.2 Å². The van der Waals surface area contributed by atoms with Gasteiger partial charge in [-0.1, -0.05) is 51.7 Å². The molecule has 1 aromatic rings. The molecule has 1 rings (SSSR count). The summed E-state index contributed by atoms with van der Waals surface area (Å²) in [6.45, 7) is 18.0. The average Bonchev–Trinajstić information content (AvgIpc) is 2.85. The maximum atomic E-state index is 4.22. The molecule has 0 fully saturated rings. The first kappa shape index (κ1) is 26.4. The third-order valence-corrected chi connectivity index (χ3v) is 3.33. The van der Waals surface area contributed by atoms with E-state index in [1.165, 1.54) is 44.4 Å². The van der Waals surface area contributed by atoms with Crippen LogP contribution in [0.2, 0.25) is 0 Å². The van der Waals surface area contributed by atoms with Gasteiger partial charge in [0.15, 0.2) is 0 Å². The molecule has 0 unspecified atom stereocenters. The van der Waals surface area contributed by atoms with Crippen molar-refractivity contribution in [2.45, 2.75) is 99.5 Å². The fourth-order valence-electron chi connectivity index (χ4n) is 2.15. The molecule has 0 atom stereocenters. The summed E-state index contributed by atoms with van der Waals surface area (Å²) in [6.07, 6.45) is 11.6. The molecule has 0 amide bonds. The Morgan fingerprint density at radius 1 is 1.04 bits per heavy atom. The first-order chi connectivity index (χ1) is 10.7. The molecule has 0 spiro atoms. The number of nitrogens with zero attached hydrogens (tertiary/aromatic N) is 3. The van der Waals surface area contributed by atoms with Crippen LogP contribution in [-0.4, -0.2) is 15.0 Å². The van der Waals surface area contributed by atoms with E-state index in [1.54, 1.807) is 0 Å². The first-order valence-corrected chi connectivity index (χ1v) is 9.19. The van der Waals surface area contributed by atoms with Crippen LogP contribution >= 0.6 is 0 Å². The summed E-state index contributed by atoms with van der Waals surface area (Å²) in [4.78, 5) is 0. The van der Waals surface area contributed by atoms with Crippen molar-refractivity contribution in [3.8, 4) is 0 Å². The normalized spacial score (nSPS) is 11.0. The number of aromatic nitrogens is 3. The van der Waals surface area contributed by atoms with Gasteiger partial charge < -0.3 is 12.8 Å². The summed E-state index contributed by atoms with van der Waals surface area (Å²) < 4.78 is 2.00. The number of aryl methyl sites for hydroxylation is 2. The van der Waals surface area contributed by atoms with E-state index in [4.69, 9.17) is 0 Å². The smallest absolute Gasteiger partial charge is 0.343 e. The van der Waals surface area contributed by atoms with Crippen LogP contribution in [0.5, 0.6) is 0 Å². The van der Waals surface area contributed by atoms with Crippen LogP contribution < -0.4 is 0 Å². The van der Waals surface area contributed by atoms with Gasteiger partial charge >= 0.3 is 31.1 Å². The zero-order valence-electron chi connectivity index (χ0n) is 17.0. The van der Waals surface area contributed by atoms with E-state index in [-0.39, 0.29) is 31.1 Å². The van der Waals surface area contributed by atoms with Crippen LogP contribution in [0, 0.1) is 49.4 Å². The third-order valence-electron chi connectivity index (χ3n) is 3.33. The number of hydrogen-bond donors (Lipinski definition) is 0. The minimum Gasteiger partial charge on any atom is -0.343 e. The molecular formula is C20H39N3U. The second-order valence-corrected chi connectivity index (χ2v) is 8.15. The minimum absolute atomic E-state index is 0. The Morgan fingerprint density at radius 3 is 2.21 bits per heavy atom. The van der Waals surface area contributed by atoms with E-state index in [0.29, 0.717) is 5.41 Å². The van der Waals surface area contributed by atoms with Crippen LogP contribution in [0.25, 0.3) is 0 Å². The Bertz CT molecular complexity index is 378. The zero-order valence-corrected chi connectivity index (χ0v) is 21.2. The molecule has 24 heavy (non-hydrogen) atoms. The van der Waals surface area contributed by atoms with Gasteiger partial charge in [-0.15, -0.1) is 5.10 Å². The summed E-state index contributed by atoms with van der Waals surface area (Å²) in [5.74, 6) is 1.42. The molecule has 0 N–H and O–H groups in total. The van der Waals surface area contributed by atoms with E-state index < -0.39 is 0 Å². The zero-order chi connectivity index (χ0) is 17.7. The van der Waals surface area contributed by atoms with Gasteiger partial charge in [0.2, 0.25) is 0 Å². The SMILES string of the molecule is C[C-](C)C.[CH2-]CCCCc1cn(CCCCCC(C)(C)C)nn1.[U+2]. The molecule has 1 aromatic heterocycles. The molecule has 0 aliphatic heterocycles. The summed E-state index contributed by atoms with van der Waals surface area (Å²) in [7, 11) is 0. The van der Waals surface area contributed by atoms with Gasteiger partial charge in [-0.3, -0.25) is 4.68 Å². The quantitative estimate of drug-likeness (QED) is 0.272. The van der Waals surface area contributed by atoms with Crippen LogP contribution in [0.1, 0.15) is 92.2 Å². The van der Waals surface area contributed by atoms with Crippen molar-refractivity contribution in [3.63, 3.8) is 0 Å². The number of unbranched alkanes of at least 4 members (excludes halogenated alkanes) is 4. The first-order valence-electron chi connectivity index (χ1n) is 9.19. The molecule has 1 heterocycles. The van der Waals surface area contributed by atoms with Crippen molar-refractivity contribution in [1.82, 2.24) is 15.0 Å². The van der Waals surface area contributed by atoms with Crippen molar-refractivity contribution >= 4 is 0 Å². The molecule has 0 saturated carbocycles. The maximum absolute atomic E-state index is 4.22. The largest absolute Gasteiger partial charge is 2.00 e. The molecule has 0 saturated heterocycles. The van der Waals surface area contributed by atoms with Gasteiger partial charge in [0.1, 0.15) is 0 Å². The van der Waals surface area contributed by atoms with Crippen LogP contribution in [0.4, 0.5) is 0 Å². The Balaban J connectivity index is 0. The predicted molar refractivity (Wildman–Crippen MR) is 101 cm³/mol. The van der Waals surface area contributed by atoms with Crippen LogP contribution in [0.3, 0.4) is 0 Å². The predicted octanol–water partition coefficient (Wildman–Crippen LogP) is 6.05. The molecule has 0 bridgehead atoms. The van der Waals surface area contributed by atoms with Gasteiger partial charge in [-0.25, -0.2) is 0 Å². The Hall–Kier alpha value is 0.192. The van der Waals surface area contributed by atoms with Crippen molar-refractivity contribution in [2.24, 2.45) is 5.41 Å². The summed E-state index contributed by atoms with van der Waals surface area (Å²) in [5.41, 5.74) is 1.59. The standard InChI is InChI=1S/C16H30N3.C4H9.U/c1-5-6-8-11-15-14-19(18-17-15)13-10-7-9-12-16(2,3)4;1-4(2)3;/h14H,1,5-13H2,2-4H3;1-3H3;/q2*-1;+2. The van der Waals surface area contributed by atoms with Crippen molar-refractivity contribution in [1.29, 1.82) is 0 Å². The molecule has 0 radical (unpaired) electrons. The molecule has 3 nitrogen and oxygen atoms in total. The van der Waals surface area contributed by atoms with E-state index >= 15 is 0 Å². The molecule has 4 heteroatoms. The second-order valence-electron chi connectivity index (χ2n) is 8.15. The van der Waals surface area contributed by atoms with E-state index in [2.05, 4.69) is 65.0 Å². The monoisotopic (exact) mass is 559 g/mol. The summed E-state index contributed by atoms with van der Waals surface area (Å²) in [5, 5.41) is 8.41. The molecule has 0 aliphatic carbocycles. The molecule has 0 aromatic carbocycles. The van der Waals surface area contributed by atoms with Gasteiger partial charge in [0, 0.05) is 12.7 Å². The molecular weight excluding hydrogens is 520 g/mol. The Labute approximate surface area is 175 Å². The Kier molecular flexibility index (Phi) is 17.0. The summed E-state index contributed by atoms with van der Waals surface area (Å²) >= 11 is 0. The van der Waals surface area contributed by atoms with E-state index in [9.17, 15) is 0 Å². The van der Waals surface area contributed by atoms with Crippen molar-refractivity contribution < 1.29 is 31.1 Å². The third kappa shape index (κ3) is 18.5. The fraction of sp³-hybridized carbons (Fsp3) is 0.800. The van der Waals surface area contributed by atoms with Gasteiger partial charge in [-0.05, 0) is 24.7 Å². The molecule has 0 aliphatic rings. The van der Waals surface area contributed by atoms with Gasteiger partial charge in [0.25, 0.3) is 0 Å². The molecule has 138 valence electrons. The van der Waals surface area contributed by atoms with Crippen molar-refractivity contribution in [2.75, 3.05) is 0 Å². The van der Waals surface area contributed by atoms with Crippen LogP contribution in [0.15, 0.2) is 6.20 Å². The minimum atomic E-state index is 0. The number of rotatable bonds is 9. The summed E-state index contributed by atoms with van der Waals surface area (Å²) in [6, 6.07) is 0. The fourth-order valence-corrected chi connectivity index (χ4v) is 2.15. The maximum Gasteiger partial charge on any atom is 2.00 e. The van der Waals surface area contributed by atoms with Crippen LogP contribution in [-0.2, 0) is 13.0 Å². The average molecular weight is 560 g/mol. The van der Waals surface area contributed by atoms with Gasteiger partial charge in [0.05, 0.1) is 5.69 Å². The number of hydrogen-bond acceptors (Lipinski definition) is 2. The van der Waals surface area contributed by atoms with Crippen molar-refractivity contribution in [3.05, 3.63) is 24.7 Å². The topological polar surface area (TPSA) is 30.7 Å². The Morgan fingerprint density at radius 2 is 1.67 bits per heavy atom. The second kappa shape index (κ2) is 15.4.